The monoisotopic (exact) mass is 534 g/mol. The Labute approximate surface area is 229 Å². The average molecular weight is 535 g/mol. The van der Waals surface area contributed by atoms with Gasteiger partial charge < -0.3 is 23.7 Å². The zero-order chi connectivity index (χ0) is 28.1. The van der Waals surface area contributed by atoms with Gasteiger partial charge in [0.05, 0.1) is 25.7 Å². The van der Waals surface area contributed by atoms with Gasteiger partial charge in [0.15, 0.2) is 0 Å². The van der Waals surface area contributed by atoms with Crippen LogP contribution in [-0.2, 0) is 32.0 Å². The van der Waals surface area contributed by atoms with Crippen LogP contribution in [0.2, 0.25) is 0 Å². The molecule has 208 valence electrons. The topological polar surface area (TPSA) is 87.1 Å². The van der Waals surface area contributed by atoms with Crippen molar-refractivity contribution in [3.8, 4) is 5.75 Å². The van der Waals surface area contributed by atoms with Gasteiger partial charge in [-0.05, 0) is 60.2 Å². The molecule has 1 aliphatic heterocycles. The molecule has 0 spiro atoms. The maximum Gasteiger partial charge on any atom is 0.337 e. The maximum atomic E-state index is 13.2. The summed E-state index contributed by atoms with van der Waals surface area (Å²) in [5, 5.41) is 1.04. The van der Waals surface area contributed by atoms with E-state index in [2.05, 4.69) is 36.7 Å². The standard InChI is InChI=1S/C31H38N2O6/c1-6-13-32-15-12-25(30(32)35)29(39-20(3)34)22-10-11-27-26(17-22)24(19-33(27)14-7-2)16-21-8-9-23(31(36)38-5)18-28(21)37-4/h8-11,17-19,25,29H,6-7,12-16H2,1-5H3. The minimum atomic E-state index is -0.641. The van der Waals surface area contributed by atoms with Gasteiger partial charge >= 0.3 is 11.9 Å². The summed E-state index contributed by atoms with van der Waals surface area (Å²) in [6.07, 6.45) is 4.60. The molecule has 0 bridgehead atoms. The van der Waals surface area contributed by atoms with E-state index in [0.717, 1.165) is 47.0 Å². The zero-order valence-corrected chi connectivity index (χ0v) is 23.5. The molecule has 0 N–H and O–H groups in total. The highest BCUT2D eigenvalue weighted by atomic mass is 16.5. The summed E-state index contributed by atoms with van der Waals surface area (Å²) in [6, 6.07) is 11.4. The summed E-state index contributed by atoms with van der Waals surface area (Å²) in [7, 11) is 2.94. The summed E-state index contributed by atoms with van der Waals surface area (Å²) < 4.78 is 18.5. The minimum absolute atomic E-state index is 0.0439. The van der Waals surface area contributed by atoms with Crippen molar-refractivity contribution in [3.63, 3.8) is 0 Å². The van der Waals surface area contributed by atoms with Crippen molar-refractivity contribution in [3.05, 3.63) is 64.8 Å². The van der Waals surface area contributed by atoms with Gasteiger partial charge in [-0.1, -0.05) is 26.0 Å². The van der Waals surface area contributed by atoms with Gasteiger partial charge in [0.25, 0.3) is 0 Å². The molecule has 8 nitrogen and oxygen atoms in total. The normalized spacial score (nSPS) is 16.0. The number of aryl methyl sites for hydroxylation is 1. The number of benzene rings is 2. The van der Waals surface area contributed by atoms with Crippen LogP contribution < -0.4 is 4.74 Å². The third kappa shape index (κ3) is 5.95. The first-order valence-electron chi connectivity index (χ1n) is 13.6. The summed E-state index contributed by atoms with van der Waals surface area (Å²) >= 11 is 0. The summed E-state index contributed by atoms with van der Waals surface area (Å²) in [4.78, 5) is 39.2. The quantitative estimate of drug-likeness (QED) is 0.310. The fourth-order valence-corrected chi connectivity index (χ4v) is 5.57. The van der Waals surface area contributed by atoms with Crippen molar-refractivity contribution >= 4 is 28.7 Å². The van der Waals surface area contributed by atoms with Gasteiger partial charge in [-0.2, -0.15) is 0 Å². The molecule has 0 aliphatic carbocycles. The number of carbonyl (C=O) groups excluding carboxylic acids is 3. The summed E-state index contributed by atoms with van der Waals surface area (Å²) in [6.45, 7) is 7.83. The Morgan fingerprint density at radius 3 is 2.46 bits per heavy atom. The van der Waals surface area contributed by atoms with E-state index in [-0.39, 0.29) is 5.91 Å². The molecule has 2 atom stereocenters. The van der Waals surface area contributed by atoms with Gasteiger partial charge in [-0.15, -0.1) is 0 Å². The molecule has 8 heteroatoms. The number of likely N-dealkylation sites (tertiary alicyclic amines) is 1. The van der Waals surface area contributed by atoms with E-state index in [4.69, 9.17) is 14.2 Å². The second-order valence-corrected chi connectivity index (χ2v) is 10.1. The molecule has 1 saturated heterocycles. The van der Waals surface area contributed by atoms with E-state index in [9.17, 15) is 14.4 Å². The van der Waals surface area contributed by atoms with Crippen molar-refractivity contribution < 1.29 is 28.6 Å². The Kier molecular flexibility index (Phi) is 8.94. The molecule has 2 heterocycles. The second-order valence-electron chi connectivity index (χ2n) is 10.1. The van der Waals surface area contributed by atoms with E-state index in [1.54, 1.807) is 19.2 Å². The summed E-state index contributed by atoms with van der Waals surface area (Å²) in [5.41, 5.74) is 4.34. The lowest BCUT2D eigenvalue weighted by Gasteiger charge is -2.23. The number of hydrogen-bond acceptors (Lipinski definition) is 6. The predicted octanol–water partition coefficient (Wildman–Crippen LogP) is 5.30. The lowest BCUT2D eigenvalue weighted by molar-refractivity contribution is -0.152. The van der Waals surface area contributed by atoms with E-state index in [1.165, 1.54) is 14.0 Å². The number of ether oxygens (including phenoxy) is 3. The Balaban J connectivity index is 1.76. The highest BCUT2D eigenvalue weighted by Gasteiger charge is 2.39. The summed E-state index contributed by atoms with van der Waals surface area (Å²) in [5.74, 6) is -0.566. The molecule has 2 unspecified atom stereocenters. The fraction of sp³-hybridized carbons (Fsp3) is 0.452. The Bertz CT molecular complexity index is 1360. The smallest absolute Gasteiger partial charge is 0.337 e. The molecule has 39 heavy (non-hydrogen) atoms. The molecule has 3 aromatic rings. The number of carbonyl (C=O) groups is 3. The lowest BCUT2D eigenvalue weighted by atomic mass is 9.92. The Morgan fingerprint density at radius 1 is 1.03 bits per heavy atom. The van der Waals surface area contributed by atoms with Crippen LogP contribution in [0.1, 0.15) is 73.2 Å². The van der Waals surface area contributed by atoms with Gasteiger partial charge in [0.2, 0.25) is 5.91 Å². The zero-order valence-electron chi connectivity index (χ0n) is 23.5. The molecule has 4 rings (SSSR count). The van der Waals surface area contributed by atoms with Crippen LogP contribution >= 0.6 is 0 Å². The van der Waals surface area contributed by atoms with Crippen LogP contribution in [0.15, 0.2) is 42.6 Å². The van der Waals surface area contributed by atoms with Crippen LogP contribution in [0, 0.1) is 5.92 Å². The molecular formula is C31H38N2O6. The molecular weight excluding hydrogens is 496 g/mol. The van der Waals surface area contributed by atoms with Crippen molar-refractivity contribution in [2.75, 3.05) is 27.3 Å². The van der Waals surface area contributed by atoms with Crippen LogP contribution in [-0.4, -0.2) is 54.6 Å². The first-order chi connectivity index (χ1) is 18.8. The van der Waals surface area contributed by atoms with Crippen molar-refractivity contribution in [2.45, 2.75) is 59.1 Å². The molecule has 2 aromatic carbocycles. The third-order valence-electron chi connectivity index (χ3n) is 7.36. The first kappa shape index (κ1) is 28.2. The first-order valence-corrected chi connectivity index (χ1v) is 13.6. The van der Waals surface area contributed by atoms with Crippen molar-refractivity contribution in [1.29, 1.82) is 0 Å². The van der Waals surface area contributed by atoms with E-state index < -0.39 is 24.0 Å². The van der Waals surface area contributed by atoms with Gasteiger partial charge in [-0.25, -0.2) is 4.79 Å². The number of hydrogen-bond donors (Lipinski definition) is 0. The van der Waals surface area contributed by atoms with Crippen LogP contribution in [0.5, 0.6) is 5.75 Å². The molecule has 1 aromatic heterocycles. The molecule has 1 aliphatic rings. The molecule has 1 fully saturated rings. The highest BCUT2D eigenvalue weighted by Crippen LogP contribution is 2.37. The van der Waals surface area contributed by atoms with Crippen LogP contribution in [0.3, 0.4) is 0 Å². The van der Waals surface area contributed by atoms with Crippen LogP contribution in [0.25, 0.3) is 10.9 Å². The molecule has 0 saturated carbocycles. The molecule has 0 radical (unpaired) electrons. The average Bonchev–Trinajstić information content (AvgIpc) is 3.46. The molecule has 1 amide bonds. The lowest BCUT2D eigenvalue weighted by Crippen LogP contribution is -2.31. The van der Waals surface area contributed by atoms with Gasteiger partial charge in [0.1, 0.15) is 11.9 Å². The Hall–Kier alpha value is -3.81. The number of fused-ring (bicyclic) bond motifs is 1. The number of esters is 2. The maximum absolute atomic E-state index is 13.2. The largest absolute Gasteiger partial charge is 0.496 e. The van der Waals surface area contributed by atoms with Gasteiger partial charge in [-0.3, -0.25) is 9.59 Å². The van der Waals surface area contributed by atoms with Gasteiger partial charge in [0, 0.05) is 50.1 Å². The number of aromatic nitrogens is 1. The number of methoxy groups -OCH3 is 2. The van der Waals surface area contributed by atoms with E-state index in [0.29, 0.717) is 37.2 Å². The Morgan fingerprint density at radius 2 is 1.79 bits per heavy atom. The van der Waals surface area contributed by atoms with E-state index in [1.807, 2.05) is 17.0 Å². The highest BCUT2D eigenvalue weighted by molar-refractivity contribution is 5.90. The number of nitrogens with zero attached hydrogens (tertiary/aromatic N) is 2. The third-order valence-corrected chi connectivity index (χ3v) is 7.36. The fourth-order valence-electron chi connectivity index (χ4n) is 5.57. The number of amides is 1. The number of rotatable bonds is 11. The predicted molar refractivity (Wildman–Crippen MR) is 149 cm³/mol. The van der Waals surface area contributed by atoms with Crippen molar-refractivity contribution in [1.82, 2.24) is 9.47 Å². The van der Waals surface area contributed by atoms with E-state index >= 15 is 0 Å². The van der Waals surface area contributed by atoms with Crippen LogP contribution in [0.4, 0.5) is 0 Å². The minimum Gasteiger partial charge on any atom is -0.496 e. The second kappa shape index (κ2) is 12.4. The SMILES string of the molecule is CCCN1CCC(C(OC(C)=O)c2ccc3c(c2)c(Cc2ccc(C(=O)OC)cc2OC)cn3CCC)C1=O. The van der Waals surface area contributed by atoms with Crippen molar-refractivity contribution in [2.24, 2.45) is 5.92 Å².